The van der Waals surface area contributed by atoms with Crippen molar-refractivity contribution in [3.8, 4) is 0 Å². The molecule has 0 aliphatic rings. The summed E-state index contributed by atoms with van der Waals surface area (Å²) in [5.74, 6) is 0. The third-order valence-corrected chi connectivity index (χ3v) is 2.74. The second-order valence-corrected chi connectivity index (χ2v) is 5.44. The minimum absolute atomic E-state index is 0.0244. The van der Waals surface area contributed by atoms with Gasteiger partial charge in [0.15, 0.2) is 0 Å². The van der Waals surface area contributed by atoms with Gasteiger partial charge >= 0.3 is 0 Å². The lowest BCUT2D eigenvalue weighted by Gasteiger charge is -2.20. The zero-order valence-corrected chi connectivity index (χ0v) is 11.1. The fraction of sp³-hybridized carbons (Fsp3) is 0.429. The van der Waals surface area contributed by atoms with Gasteiger partial charge in [-0.05, 0) is 32.9 Å². The van der Waals surface area contributed by atoms with Crippen LogP contribution < -0.4 is 10.9 Å². The van der Waals surface area contributed by atoms with Crippen molar-refractivity contribution in [3.63, 3.8) is 0 Å². The van der Waals surface area contributed by atoms with Gasteiger partial charge in [-0.2, -0.15) is 0 Å². The zero-order chi connectivity index (χ0) is 13.2. The summed E-state index contributed by atoms with van der Waals surface area (Å²) in [6, 6.07) is 7.43. The average molecular weight is 245 g/mol. The summed E-state index contributed by atoms with van der Waals surface area (Å²) in [7, 11) is 0. The van der Waals surface area contributed by atoms with Crippen molar-refractivity contribution in [2.75, 3.05) is 6.54 Å². The van der Waals surface area contributed by atoms with Gasteiger partial charge in [-0.1, -0.05) is 12.1 Å². The zero-order valence-electron chi connectivity index (χ0n) is 11.1. The first-order valence-electron chi connectivity index (χ1n) is 6.16. The van der Waals surface area contributed by atoms with Crippen LogP contribution in [0.3, 0.4) is 0 Å². The number of fused-ring (bicyclic) bond motifs is 1. The molecule has 0 saturated heterocycles. The number of para-hydroxylation sites is 1. The molecule has 1 aromatic heterocycles. The van der Waals surface area contributed by atoms with Crippen LogP contribution in [0.5, 0.6) is 0 Å². The molecule has 2 aromatic rings. The summed E-state index contributed by atoms with van der Waals surface area (Å²) in [6.07, 6.45) is 1.62. The lowest BCUT2D eigenvalue weighted by molar-refractivity contribution is 0.410. The Morgan fingerprint density at radius 1 is 1.28 bits per heavy atom. The van der Waals surface area contributed by atoms with Crippen molar-refractivity contribution >= 4 is 10.9 Å². The number of hydrogen-bond donors (Lipinski definition) is 1. The average Bonchev–Trinajstić information content (AvgIpc) is 2.31. The molecule has 0 atom stereocenters. The summed E-state index contributed by atoms with van der Waals surface area (Å²) >= 11 is 0. The Morgan fingerprint density at radius 2 is 2.00 bits per heavy atom. The van der Waals surface area contributed by atoms with E-state index in [9.17, 15) is 4.79 Å². The van der Waals surface area contributed by atoms with Crippen molar-refractivity contribution in [2.24, 2.45) is 0 Å². The Bertz CT molecular complexity index is 596. The van der Waals surface area contributed by atoms with Gasteiger partial charge in [0.05, 0.1) is 17.2 Å². The molecule has 0 spiro atoms. The highest BCUT2D eigenvalue weighted by Gasteiger charge is 2.08. The van der Waals surface area contributed by atoms with E-state index in [0.29, 0.717) is 11.9 Å². The molecule has 1 heterocycles. The van der Waals surface area contributed by atoms with Crippen LogP contribution in [0.1, 0.15) is 20.8 Å². The maximum atomic E-state index is 12.2. The van der Waals surface area contributed by atoms with Crippen molar-refractivity contribution in [1.29, 1.82) is 0 Å². The van der Waals surface area contributed by atoms with Crippen LogP contribution >= 0.6 is 0 Å². The van der Waals surface area contributed by atoms with E-state index in [1.807, 2.05) is 24.3 Å². The van der Waals surface area contributed by atoms with Crippen LogP contribution in [0.25, 0.3) is 10.9 Å². The first kappa shape index (κ1) is 12.8. The van der Waals surface area contributed by atoms with Gasteiger partial charge in [-0.3, -0.25) is 9.36 Å². The number of hydrogen-bond acceptors (Lipinski definition) is 3. The van der Waals surface area contributed by atoms with Gasteiger partial charge in [-0.25, -0.2) is 4.98 Å². The summed E-state index contributed by atoms with van der Waals surface area (Å²) in [6.45, 7) is 7.70. The third-order valence-electron chi connectivity index (χ3n) is 2.74. The van der Waals surface area contributed by atoms with Gasteiger partial charge < -0.3 is 5.32 Å². The van der Waals surface area contributed by atoms with E-state index < -0.39 is 0 Å². The largest absolute Gasteiger partial charge is 0.310 e. The van der Waals surface area contributed by atoms with E-state index in [1.165, 1.54) is 0 Å². The van der Waals surface area contributed by atoms with Crippen LogP contribution in [-0.2, 0) is 6.54 Å². The lowest BCUT2D eigenvalue weighted by Crippen LogP contribution is -2.39. The maximum absolute atomic E-state index is 12.2. The topological polar surface area (TPSA) is 46.9 Å². The molecule has 0 aliphatic heterocycles. The Labute approximate surface area is 107 Å². The van der Waals surface area contributed by atoms with E-state index in [2.05, 4.69) is 31.1 Å². The van der Waals surface area contributed by atoms with E-state index in [4.69, 9.17) is 0 Å². The number of aromatic nitrogens is 2. The molecule has 0 bridgehead atoms. The standard InChI is InChI=1S/C14H19N3O/c1-14(2,3)16-8-9-17-10-15-12-7-5-4-6-11(12)13(17)18/h4-7,10,16H,8-9H2,1-3H3. The Kier molecular flexibility index (Phi) is 3.48. The molecule has 0 saturated carbocycles. The molecule has 1 aromatic carbocycles. The highest BCUT2D eigenvalue weighted by molar-refractivity contribution is 5.76. The smallest absolute Gasteiger partial charge is 0.261 e. The third kappa shape index (κ3) is 2.96. The maximum Gasteiger partial charge on any atom is 0.261 e. The fourth-order valence-corrected chi connectivity index (χ4v) is 1.82. The van der Waals surface area contributed by atoms with Crippen LogP contribution in [0.15, 0.2) is 35.4 Å². The van der Waals surface area contributed by atoms with Gasteiger partial charge in [0.25, 0.3) is 5.56 Å². The van der Waals surface area contributed by atoms with Gasteiger partial charge in [0, 0.05) is 18.6 Å². The first-order valence-corrected chi connectivity index (χ1v) is 6.16. The Hall–Kier alpha value is -1.68. The van der Waals surface area contributed by atoms with Crippen LogP contribution in [0.4, 0.5) is 0 Å². The second-order valence-electron chi connectivity index (χ2n) is 5.44. The Morgan fingerprint density at radius 3 is 2.72 bits per heavy atom. The summed E-state index contributed by atoms with van der Waals surface area (Å²) in [5, 5.41) is 4.03. The molecule has 0 radical (unpaired) electrons. The molecule has 0 amide bonds. The van der Waals surface area contributed by atoms with Crippen LogP contribution in [-0.4, -0.2) is 21.6 Å². The van der Waals surface area contributed by atoms with E-state index in [0.717, 1.165) is 12.1 Å². The van der Waals surface area contributed by atoms with E-state index in [1.54, 1.807) is 10.9 Å². The Balaban J connectivity index is 2.20. The van der Waals surface area contributed by atoms with E-state index >= 15 is 0 Å². The quantitative estimate of drug-likeness (QED) is 0.896. The highest BCUT2D eigenvalue weighted by Crippen LogP contribution is 2.04. The molecule has 96 valence electrons. The molecule has 0 fully saturated rings. The van der Waals surface area contributed by atoms with Gasteiger partial charge in [0.2, 0.25) is 0 Å². The van der Waals surface area contributed by atoms with Crippen molar-refractivity contribution in [2.45, 2.75) is 32.9 Å². The normalized spacial score (nSPS) is 11.9. The monoisotopic (exact) mass is 245 g/mol. The van der Waals surface area contributed by atoms with Crippen molar-refractivity contribution in [3.05, 3.63) is 40.9 Å². The first-order chi connectivity index (χ1) is 8.47. The fourth-order valence-electron chi connectivity index (χ4n) is 1.82. The SMILES string of the molecule is CC(C)(C)NCCn1cnc2ccccc2c1=O. The van der Waals surface area contributed by atoms with Crippen LogP contribution in [0, 0.1) is 0 Å². The molecule has 4 heteroatoms. The van der Waals surface area contributed by atoms with Crippen molar-refractivity contribution in [1.82, 2.24) is 14.9 Å². The molecular weight excluding hydrogens is 226 g/mol. The minimum Gasteiger partial charge on any atom is -0.310 e. The number of nitrogens with zero attached hydrogens (tertiary/aromatic N) is 2. The van der Waals surface area contributed by atoms with Crippen LogP contribution in [0.2, 0.25) is 0 Å². The lowest BCUT2D eigenvalue weighted by atomic mass is 10.1. The van der Waals surface area contributed by atoms with Gasteiger partial charge in [-0.15, -0.1) is 0 Å². The van der Waals surface area contributed by atoms with Gasteiger partial charge in [0.1, 0.15) is 0 Å². The predicted octanol–water partition coefficient (Wildman–Crippen LogP) is 1.78. The molecule has 2 rings (SSSR count). The summed E-state index contributed by atoms with van der Waals surface area (Å²) in [4.78, 5) is 16.5. The molecule has 0 unspecified atom stereocenters. The summed E-state index contributed by atoms with van der Waals surface area (Å²) < 4.78 is 1.65. The second kappa shape index (κ2) is 4.90. The molecule has 0 aliphatic carbocycles. The molecular formula is C14H19N3O. The van der Waals surface area contributed by atoms with E-state index in [-0.39, 0.29) is 11.1 Å². The number of nitrogens with one attached hydrogen (secondary N) is 1. The summed E-state index contributed by atoms with van der Waals surface area (Å²) in [5.41, 5.74) is 0.840. The molecule has 4 nitrogen and oxygen atoms in total. The highest BCUT2D eigenvalue weighted by atomic mass is 16.1. The van der Waals surface area contributed by atoms with Crippen molar-refractivity contribution < 1.29 is 0 Å². The predicted molar refractivity (Wildman–Crippen MR) is 73.8 cm³/mol. The molecule has 1 N–H and O–H groups in total. The minimum atomic E-state index is 0.0244. The number of benzene rings is 1. The number of rotatable bonds is 3. The molecule has 18 heavy (non-hydrogen) atoms.